The first-order chi connectivity index (χ1) is 18.4. The Morgan fingerprint density at radius 1 is 1.42 bits per heavy atom. The highest BCUT2D eigenvalue weighted by Gasteiger charge is 2.41. The number of aromatic amines is 1. The standard InChI is InChI=1S/C28H32N6O4/c1-17(6-5-10-30-2)19-13-24(27(36)32-20(15-29)12-18-9-11-31-26(18)35)34(16-19)28(37)23-14-21-22(33-23)7-4-8-25(21)38-3/h4-8,10,14,18-20,24,33H,1,9,11-13,16H2,2-3H3,(H,31,35)(H,32,36)/b6-5-,30-10-/t18-,19+,20-,24-/m0/s1. The van der Waals surface area contributed by atoms with Gasteiger partial charge in [0.25, 0.3) is 5.91 Å². The zero-order valence-corrected chi connectivity index (χ0v) is 21.6. The number of hydrogen-bond acceptors (Lipinski definition) is 6. The Morgan fingerprint density at radius 2 is 2.24 bits per heavy atom. The molecule has 2 aromatic rings. The van der Waals surface area contributed by atoms with Crippen LogP contribution in [0.4, 0.5) is 0 Å². The Bertz CT molecular complexity index is 1340. The molecule has 2 saturated heterocycles. The number of methoxy groups -OCH3 is 1. The molecular weight excluding hydrogens is 484 g/mol. The van der Waals surface area contributed by atoms with E-state index in [1.165, 1.54) is 4.90 Å². The van der Waals surface area contributed by atoms with Crippen molar-refractivity contribution in [1.29, 1.82) is 5.26 Å². The molecule has 0 saturated carbocycles. The van der Waals surface area contributed by atoms with Crippen LogP contribution in [-0.4, -0.2) is 73.2 Å². The molecule has 0 unspecified atom stereocenters. The van der Waals surface area contributed by atoms with Crippen molar-refractivity contribution >= 4 is 34.8 Å². The van der Waals surface area contributed by atoms with Crippen molar-refractivity contribution in [3.8, 4) is 11.8 Å². The predicted octanol–water partition coefficient (Wildman–Crippen LogP) is 2.35. The Balaban J connectivity index is 1.57. The van der Waals surface area contributed by atoms with Crippen LogP contribution in [0.1, 0.15) is 29.8 Å². The van der Waals surface area contributed by atoms with Gasteiger partial charge in [-0.15, -0.1) is 0 Å². The fourth-order valence-electron chi connectivity index (χ4n) is 5.11. The minimum absolute atomic E-state index is 0.106. The van der Waals surface area contributed by atoms with Crippen molar-refractivity contribution in [2.24, 2.45) is 16.8 Å². The molecular formula is C28H32N6O4. The van der Waals surface area contributed by atoms with Crippen LogP contribution >= 0.6 is 0 Å². The Morgan fingerprint density at radius 3 is 2.92 bits per heavy atom. The molecule has 38 heavy (non-hydrogen) atoms. The van der Waals surface area contributed by atoms with Gasteiger partial charge in [-0.05, 0) is 43.5 Å². The van der Waals surface area contributed by atoms with Crippen LogP contribution in [0.25, 0.3) is 10.9 Å². The number of nitrogens with one attached hydrogen (secondary N) is 3. The lowest BCUT2D eigenvalue weighted by Gasteiger charge is -2.25. The highest BCUT2D eigenvalue weighted by Crippen LogP contribution is 2.32. The number of ether oxygens (including phenoxy) is 1. The maximum atomic E-state index is 13.7. The summed E-state index contributed by atoms with van der Waals surface area (Å²) < 4.78 is 5.42. The lowest BCUT2D eigenvalue weighted by atomic mass is 9.96. The van der Waals surface area contributed by atoms with Crippen molar-refractivity contribution in [2.45, 2.75) is 31.3 Å². The molecule has 0 spiro atoms. The molecule has 3 heterocycles. The molecule has 2 aliphatic heterocycles. The molecule has 4 rings (SSSR count). The Labute approximate surface area is 221 Å². The van der Waals surface area contributed by atoms with Gasteiger partial charge in [-0.3, -0.25) is 19.4 Å². The van der Waals surface area contributed by atoms with Gasteiger partial charge in [-0.25, -0.2) is 0 Å². The number of fused-ring (bicyclic) bond motifs is 1. The molecule has 10 nitrogen and oxygen atoms in total. The summed E-state index contributed by atoms with van der Waals surface area (Å²) in [6.07, 6.45) is 6.44. The van der Waals surface area contributed by atoms with E-state index in [0.29, 0.717) is 30.8 Å². The van der Waals surface area contributed by atoms with Crippen LogP contribution < -0.4 is 15.4 Å². The van der Waals surface area contributed by atoms with Crippen molar-refractivity contribution < 1.29 is 19.1 Å². The molecule has 1 aromatic heterocycles. The normalized spacial score (nSPS) is 22.1. The average molecular weight is 517 g/mol. The largest absolute Gasteiger partial charge is 0.496 e. The zero-order valence-electron chi connectivity index (χ0n) is 21.6. The number of amides is 3. The van der Waals surface area contributed by atoms with Crippen molar-refractivity contribution in [2.75, 3.05) is 27.2 Å². The van der Waals surface area contributed by atoms with E-state index in [4.69, 9.17) is 4.74 Å². The van der Waals surface area contributed by atoms with E-state index in [1.807, 2.05) is 24.3 Å². The van der Waals surface area contributed by atoms with Crippen LogP contribution in [0.15, 0.2) is 53.6 Å². The summed E-state index contributed by atoms with van der Waals surface area (Å²) in [4.78, 5) is 47.8. The third-order valence-corrected chi connectivity index (χ3v) is 7.16. The smallest absolute Gasteiger partial charge is 0.271 e. The number of carbonyl (C=O) groups excluding carboxylic acids is 3. The van der Waals surface area contributed by atoms with E-state index < -0.39 is 18.0 Å². The summed E-state index contributed by atoms with van der Waals surface area (Å²) >= 11 is 0. The van der Waals surface area contributed by atoms with Crippen molar-refractivity contribution in [3.05, 3.63) is 54.3 Å². The molecule has 10 heteroatoms. The number of aliphatic imine (C=N–C) groups is 1. The van der Waals surface area contributed by atoms with Crippen LogP contribution in [0, 0.1) is 23.2 Å². The third kappa shape index (κ3) is 5.62. The number of likely N-dealkylation sites (tertiary alicyclic amines) is 1. The number of benzene rings is 1. The van der Waals surface area contributed by atoms with Gasteiger partial charge in [0.05, 0.1) is 13.2 Å². The summed E-state index contributed by atoms with van der Waals surface area (Å²) in [6, 6.07) is 7.67. The molecule has 2 fully saturated rings. The van der Waals surface area contributed by atoms with Gasteiger partial charge >= 0.3 is 0 Å². The summed E-state index contributed by atoms with van der Waals surface area (Å²) in [5.74, 6) is -0.704. The van der Waals surface area contributed by atoms with E-state index >= 15 is 0 Å². The van der Waals surface area contributed by atoms with E-state index in [9.17, 15) is 19.6 Å². The second-order valence-electron chi connectivity index (χ2n) is 9.55. The SMILES string of the molecule is C=C(/C=C\C=N/C)[C@@H]1C[C@@H](C(=O)N[C@H](C#N)C[C@@H]2CCNC2=O)N(C(=O)c2cc3c(OC)cccc3[nH]2)C1. The monoisotopic (exact) mass is 516 g/mol. The average Bonchev–Trinajstić information content (AvgIpc) is 3.66. The molecule has 3 amide bonds. The van der Waals surface area contributed by atoms with Gasteiger partial charge in [-0.1, -0.05) is 24.3 Å². The molecule has 0 radical (unpaired) electrons. The molecule has 1 aromatic carbocycles. The third-order valence-electron chi connectivity index (χ3n) is 7.16. The predicted molar refractivity (Wildman–Crippen MR) is 144 cm³/mol. The summed E-state index contributed by atoms with van der Waals surface area (Å²) in [5.41, 5.74) is 1.85. The number of nitriles is 1. The van der Waals surface area contributed by atoms with Crippen LogP contribution in [0.2, 0.25) is 0 Å². The Kier molecular flexibility index (Phi) is 8.26. The van der Waals surface area contributed by atoms with Gasteiger partial charge in [0.15, 0.2) is 0 Å². The van der Waals surface area contributed by atoms with Gasteiger partial charge in [-0.2, -0.15) is 5.26 Å². The highest BCUT2D eigenvalue weighted by atomic mass is 16.5. The second kappa shape index (κ2) is 11.8. The molecule has 4 atom stereocenters. The second-order valence-corrected chi connectivity index (χ2v) is 9.55. The quantitative estimate of drug-likeness (QED) is 0.347. The Hall–Kier alpha value is -4.39. The summed E-state index contributed by atoms with van der Waals surface area (Å²) in [5, 5.41) is 16.0. The fraction of sp³-hybridized carbons (Fsp3) is 0.393. The number of allylic oxidation sites excluding steroid dienone is 2. The molecule has 0 aliphatic carbocycles. The van der Waals surface area contributed by atoms with E-state index in [0.717, 1.165) is 16.5 Å². The van der Waals surface area contributed by atoms with E-state index in [-0.39, 0.29) is 36.6 Å². The lowest BCUT2D eigenvalue weighted by molar-refractivity contribution is -0.126. The minimum atomic E-state index is -0.839. The first-order valence-electron chi connectivity index (χ1n) is 12.6. The number of H-pyrrole nitrogens is 1. The van der Waals surface area contributed by atoms with Gasteiger partial charge in [0.2, 0.25) is 11.8 Å². The zero-order chi connectivity index (χ0) is 27.2. The summed E-state index contributed by atoms with van der Waals surface area (Å²) in [6.45, 7) is 5.00. The van der Waals surface area contributed by atoms with E-state index in [2.05, 4.69) is 33.3 Å². The first kappa shape index (κ1) is 26.7. The molecule has 3 N–H and O–H groups in total. The highest BCUT2D eigenvalue weighted by molar-refractivity contribution is 6.02. The molecule has 198 valence electrons. The van der Waals surface area contributed by atoms with Crippen LogP contribution in [0.3, 0.4) is 0 Å². The lowest BCUT2D eigenvalue weighted by Crippen LogP contribution is -2.49. The topological polar surface area (TPSA) is 140 Å². The van der Waals surface area contributed by atoms with Crippen molar-refractivity contribution in [1.82, 2.24) is 20.5 Å². The van der Waals surface area contributed by atoms with Gasteiger partial charge < -0.3 is 25.3 Å². The number of aromatic nitrogens is 1. The minimum Gasteiger partial charge on any atom is -0.496 e. The number of nitrogens with zero attached hydrogens (tertiary/aromatic N) is 3. The number of carbonyl (C=O) groups is 3. The molecule has 2 aliphatic rings. The van der Waals surface area contributed by atoms with Gasteiger partial charge in [0.1, 0.15) is 23.5 Å². The van der Waals surface area contributed by atoms with E-state index in [1.54, 1.807) is 32.5 Å². The maximum absolute atomic E-state index is 13.7. The number of rotatable bonds is 9. The fourth-order valence-corrected chi connectivity index (χ4v) is 5.11. The maximum Gasteiger partial charge on any atom is 0.271 e. The van der Waals surface area contributed by atoms with Crippen molar-refractivity contribution in [3.63, 3.8) is 0 Å². The summed E-state index contributed by atoms with van der Waals surface area (Å²) in [7, 11) is 3.23. The van der Waals surface area contributed by atoms with Crippen LogP contribution in [-0.2, 0) is 9.59 Å². The van der Waals surface area contributed by atoms with Gasteiger partial charge in [0, 0.05) is 49.1 Å². The molecule has 0 bridgehead atoms. The van der Waals surface area contributed by atoms with Crippen LogP contribution in [0.5, 0.6) is 5.75 Å². The number of hydrogen-bond donors (Lipinski definition) is 3. The first-order valence-corrected chi connectivity index (χ1v) is 12.6.